The molecule has 8 nitrogen and oxygen atoms in total. The van der Waals surface area contributed by atoms with Gasteiger partial charge in [0.05, 0.1) is 7.11 Å². The van der Waals surface area contributed by atoms with Crippen LogP contribution in [-0.2, 0) is 10.2 Å². The fourth-order valence-corrected chi connectivity index (χ4v) is 2.82. The van der Waals surface area contributed by atoms with Crippen molar-refractivity contribution in [3.8, 4) is 11.5 Å². The van der Waals surface area contributed by atoms with Gasteiger partial charge in [-0.05, 0) is 18.2 Å². The summed E-state index contributed by atoms with van der Waals surface area (Å²) < 4.78 is 28.4. The van der Waals surface area contributed by atoms with Crippen molar-refractivity contribution >= 4 is 16.1 Å². The van der Waals surface area contributed by atoms with Crippen LogP contribution < -0.4 is 9.88 Å². The molecule has 3 N–H and O–H groups in total. The van der Waals surface area contributed by atoms with Gasteiger partial charge in [0.25, 0.3) is 16.1 Å². The number of methoxy groups -OCH3 is 1. The summed E-state index contributed by atoms with van der Waals surface area (Å²) in [7, 11) is -2.30. The molecule has 1 heterocycles. The van der Waals surface area contributed by atoms with Gasteiger partial charge in [-0.3, -0.25) is 4.79 Å². The van der Waals surface area contributed by atoms with Crippen LogP contribution in [0.4, 0.5) is 0 Å². The van der Waals surface area contributed by atoms with Crippen LogP contribution in [0.5, 0.6) is 11.5 Å². The van der Waals surface area contributed by atoms with E-state index in [4.69, 9.17) is 9.88 Å². The smallest absolute Gasteiger partial charge is 0.277 e. The number of hydrogen-bond donors (Lipinski definition) is 2. The Hall–Kier alpha value is -1.84. The first-order valence-corrected chi connectivity index (χ1v) is 7.77. The summed E-state index contributed by atoms with van der Waals surface area (Å²) in [5.74, 6) is -0.112. The van der Waals surface area contributed by atoms with E-state index >= 15 is 0 Å². The molecule has 1 amide bonds. The predicted octanol–water partition coefficient (Wildman–Crippen LogP) is -0.638. The van der Waals surface area contributed by atoms with Crippen molar-refractivity contribution in [1.29, 1.82) is 0 Å². The van der Waals surface area contributed by atoms with E-state index in [2.05, 4.69) is 0 Å². The molecule has 1 aliphatic heterocycles. The van der Waals surface area contributed by atoms with Crippen LogP contribution in [0.25, 0.3) is 0 Å². The van der Waals surface area contributed by atoms with Gasteiger partial charge in [-0.15, -0.1) is 0 Å². The van der Waals surface area contributed by atoms with Gasteiger partial charge in [0.15, 0.2) is 11.5 Å². The summed E-state index contributed by atoms with van der Waals surface area (Å²) in [6.07, 6.45) is 0. The average Bonchev–Trinajstić information content (AvgIpc) is 2.45. The molecule has 116 valence electrons. The van der Waals surface area contributed by atoms with Gasteiger partial charge in [-0.25, -0.2) is 5.14 Å². The first-order valence-electron chi connectivity index (χ1n) is 6.27. The number of benzene rings is 1. The first kappa shape index (κ1) is 15.5. The third kappa shape index (κ3) is 3.43. The molecule has 0 atom stereocenters. The number of hydrogen-bond acceptors (Lipinski definition) is 5. The quantitative estimate of drug-likeness (QED) is 0.770. The highest BCUT2D eigenvalue weighted by Crippen LogP contribution is 2.26. The van der Waals surface area contributed by atoms with Gasteiger partial charge in [-0.1, -0.05) is 0 Å². The lowest BCUT2D eigenvalue weighted by Crippen LogP contribution is -2.52. The van der Waals surface area contributed by atoms with Gasteiger partial charge < -0.3 is 14.7 Å². The Morgan fingerprint density at radius 3 is 2.38 bits per heavy atom. The molecule has 1 aromatic rings. The second kappa shape index (κ2) is 5.88. The van der Waals surface area contributed by atoms with Crippen LogP contribution in [0.2, 0.25) is 0 Å². The summed E-state index contributed by atoms with van der Waals surface area (Å²) in [6, 6.07) is 4.38. The molecule has 1 fully saturated rings. The molecule has 0 aromatic heterocycles. The van der Waals surface area contributed by atoms with Crippen LogP contribution >= 0.6 is 0 Å². The van der Waals surface area contributed by atoms with Crippen molar-refractivity contribution in [2.75, 3.05) is 33.3 Å². The lowest BCUT2D eigenvalue weighted by Gasteiger charge is -2.33. The Labute approximate surface area is 122 Å². The number of nitrogens with zero attached hydrogens (tertiary/aromatic N) is 2. The van der Waals surface area contributed by atoms with Crippen molar-refractivity contribution in [1.82, 2.24) is 9.21 Å². The Kier molecular flexibility index (Phi) is 4.35. The molecule has 0 bridgehead atoms. The molecule has 0 radical (unpaired) electrons. The zero-order valence-electron chi connectivity index (χ0n) is 11.5. The fourth-order valence-electron chi connectivity index (χ4n) is 2.15. The maximum Gasteiger partial charge on any atom is 0.277 e. The number of phenols is 1. The highest BCUT2D eigenvalue weighted by atomic mass is 32.2. The molecule has 9 heteroatoms. The maximum atomic E-state index is 12.3. The number of aromatic hydroxyl groups is 1. The molecular formula is C12H17N3O5S. The number of carbonyl (C=O) groups excluding carboxylic acids is 1. The highest BCUT2D eigenvalue weighted by Gasteiger charge is 2.27. The summed E-state index contributed by atoms with van der Waals surface area (Å²) in [5, 5.41) is 14.7. The second-order valence-corrected chi connectivity index (χ2v) is 6.17. The minimum Gasteiger partial charge on any atom is -0.504 e. The van der Waals surface area contributed by atoms with E-state index in [0.29, 0.717) is 5.56 Å². The van der Waals surface area contributed by atoms with Crippen LogP contribution in [0.1, 0.15) is 10.4 Å². The molecule has 0 aliphatic carbocycles. The topological polar surface area (TPSA) is 113 Å². The molecule has 0 spiro atoms. The van der Waals surface area contributed by atoms with Crippen LogP contribution in [-0.4, -0.2) is 61.9 Å². The summed E-state index contributed by atoms with van der Waals surface area (Å²) >= 11 is 0. The summed E-state index contributed by atoms with van der Waals surface area (Å²) in [6.45, 7) is 0.823. The largest absolute Gasteiger partial charge is 0.504 e. The minimum atomic E-state index is -3.72. The van der Waals surface area contributed by atoms with Crippen molar-refractivity contribution in [2.24, 2.45) is 5.14 Å². The zero-order chi connectivity index (χ0) is 15.6. The van der Waals surface area contributed by atoms with Crippen molar-refractivity contribution in [3.05, 3.63) is 23.8 Å². The lowest BCUT2D eigenvalue weighted by atomic mass is 10.1. The molecule has 0 unspecified atom stereocenters. The van der Waals surface area contributed by atoms with Gasteiger partial charge in [-0.2, -0.15) is 12.7 Å². The Balaban J connectivity index is 2.07. The average molecular weight is 315 g/mol. The summed E-state index contributed by atoms with van der Waals surface area (Å²) in [5.41, 5.74) is 0.317. The molecule has 1 saturated heterocycles. The predicted molar refractivity (Wildman–Crippen MR) is 75.2 cm³/mol. The van der Waals surface area contributed by atoms with E-state index in [9.17, 15) is 18.3 Å². The van der Waals surface area contributed by atoms with Crippen LogP contribution in [0.3, 0.4) is 0 Å². The van der Waals surface area contributed by atoms with Gasteiger partial charge in [0.1, 0.15) is 0 Å². The Morgan fingerprint density at radius 1 is 1.29 bits per heavy atom. The number of rotatable bonds is 3. The lowest BCUT2D eigenvalue weighted by molar-refractivity contribution is 0.0697. The molecule has 2 rings (SSSR count). The second-order valence-electron chi connectivity index (χ2n) is 4.62. The standard InChI is InChI=1S/C12H17N3O5S/c1-20-11-3-2-9(8-10(11)16)12(17)14-4-6-15(7-5-14)21(13,18)19/h2-3,8,16H,4-7H2,1H3,(H2,13,18,19). The minimum absolute atomic E-state index is 0.119. The van der Waals surface area contributed by atoms with E-state index in [0.717, 1.165) is 4.31 Å². The van der Waals surface area contributed by atoms with Crippen LogP contribution in [0, 0.1) is 0 Å². The monoisotopic (exact) mass is 315 g/mol. The normalized spacial score (nSPS) is 16.8. The van der Waals surface area contributed by atoms with E-state index in [1.165, 1.54) is 24.1 Å². The van der Waals surface area contributed by atoms with Crippen molar-refractivity contribution < 1.29 is 23.1 Å². The van der Waals surface area contributed by atoms with Crippen molar-refractivity contribution in [3.63, 3.8) is 0 Å². The fraction of sp³-hybridized carbons (Fsp3) is 0.417. The third-order valence-electron chi connectivity index (χ3n) is 3.31. The number of carbonyl (C=O) groups is 1. The SMILES string of the molecule is COc1ccc(C(=O)N2CCN(S(N)(=O)=O)CC2)cc1O. The highest BCUT2D eigenvalue weighted by molar-refractivity contribution is 7.86. The van der Waals surface area contributed by atoms with E-state index in [1.807, 2.05) is 0 Å². The van der Waals surface area contributed by atoms with E-state index in [-0.39, 0.29) is 43.6 Å². The molecule has 1 aromatic carbocycles. The van der Waals surface area contributed by atoms with E-state index < -0.39 is 10.2 Å². The number of nitrogens with two attached hydrogens (primary N) is 1. The number of ether oxygens (including phenoxy) is 1. The number of amides is 1. The third-order valence-corrected chi connectivity index (χ3v) is 4.40. The Bertz CT molecular complexity index is 638. The van der Waals surface area contributed by atoms with Gasteiger partial charge in [0, 0.05) is 31.7 Å². The zero-order valence-corrected chi connectivity index (χ0v) is 12.3. The summed E-state index contributed by atoms with van der Waals surface area (Å²) in [4.78, 5) is 13.8. The van der Waals surface area contributed by atoms with Crippen LogP contribution in [0.15, 0.2) is 18.2 Å². The van der Waals surface area contributed by atoms with Crippen molar-refractivity contribution in [2.45, 2.75) is 0 Å². The number of phenolic OH excluding ortho intramolecular Hbond substituents is 1. The van der Waals surface area contributed by atoms with Gasteiger partial charge in [0.2, 0.25) is 0 Å². The Morgan fingerprint density at radius 2 is 1.90 bits per heavy atom. The first-order chi connectivity index (χ1) is 9.82. The molecule has 0 saturated carbocycles. The van der Waals surface area contributed by atoms with E-state index in [1.54, 1.807) is 6.07 Å². The molecular weight excluding hydrogens is 298 g/mol. The molecule has 1 aliphatic rings. The molecule has 21 heavy (non-hydrogen) atoms. The van der Waals surface area contributed by atoms with Gasteiger partial charge >= 0.3 is 0 Å². The number of piperazine rings is 1. The maximum absolute atomic E-state index is 12.3.